The monoisotopic (exact) mass is 197 g/mol. The van der Waals surface area contributed by atoms with Crippen molar-refractivity contribution in [3.8, 4) is 0 Å². The second-order valence-electron chi connectivity index (χ2n) is 3.09. The van der Waals surface area contributed by atoms with Crippen LogP contribution in [-0.2, 0) is 16.1 Å². The van der Waals surface area contributed by atoms with E-state index in [1.165, 1.54) is 0 Å². The predicted octanol–water partition coefficient (Wildman–Crippen LogP) is 2.63. The lowest BCUT2D eigenvalue weighted by Crippen LogP contribution is -1.97. The zero-order valence-corrected chi connectivity index (χ0v) is 8.24. The molecule has 0 heterocycles. The Balaban J connectivity index is 1.95. The van der Waals surface area contributed by atoms with Crippen LogP contribution in [0.3, 0.4) is 0 Å². The minimum absolute atomic E-state index is 0.255. The van der Waals surface area contributed by atoms with Crippen LogP contribution in [0.5, 0.6) is 0 Å². The number of benzene rings is 1. The molecule has 1 aromatic rings. The molecule has 0 aliphatic rings. The Labute approximate surface area is 90.1 Å². The first kappa shape index (κ1) is 7.43. The fraction of sp³-hybridized carbons (Fsp3) is 0.500. The average Bonchev–Trinajstić information content (AvgIpc) is 2.28. The Morgan fingerprint density at radius 3 is 2.71 bits per heavy atom. The predicted molar refractivity (Wildman–Crippen MR) is 57.2 cm³/mol. The van der Waals surface area contributed by atoms with Crippen LogP contribution in [0.1, 0.15) is 22.5 Å². The Kier molecular flexibility index (Phi) is 4.00. The van der Waals surface area contributed by atoms with E-state index < -0.39 is 7.04 Å². The van der Waals surface area contributed by atoms with E-state index in [4.69, 9.17) is 8.85 Å². The van der Waals surface area contributed by atoms with Crippen LogP contribution in [0.15, 0.2) is 30.3 Å². The maximum Gasteiger partial charge on any atom is 0.0716 e. The third kappa shape index (κ3) is 5.00. The van der Waals surface area contributed by atoms with Crippen molar-refractivity contribution in [2.75, 3.05) is 20.3 Å². The van der Waals surface area contributed by atoms with Crippen LogP contribution in [0.25, 0.3) is 0 Å². The smallest absolute Gasteiger partial charge is 0.0716 e. The standard InChI is InChI=1S/C12H18O2/c1-13-9-5-6-10-14-11-12-7-3-2-4-8-12/h2-4,7-8H,5-6,9-11H2,1H3/i1D3. The highest BCUT2D eigenvalue weighted by Gasteiger charge is 1.91. The van der Waals surface area contributed by atoms with Crippen molar-refractivity contribution in [1.82, 2.24) is 0 Å². The molecule has 0 unspecified atom stereocenters. The van der Waals surface area contributed by atoms with Gasteiger partial charge in [0, 0.05) is 20.3 Å². The quantitative estimate of drug-likeness (QED) is 0.626. The molecule has 0 atom stereocenters. The first-order valence-electron chi connectivity index (χ1n) is 6.33. The van der Waals surface area contributed by atoms with E-state index in [0.717, 1.165) is 12.0 Å². The number of methoxy groups -OCH3 is 1. The van der Waals surface area contributed by atoms with Gasteiger partial charge in [-0.1, -0.05) is 30.3 Å². The van der Waals surface area contributed by atoms with Gasteiger partial charge in [0.25, 0.3) is 0 Å². The van der Waals surface area contributed by atoms with E-state index in [1.807, 2.05) is 30.3 Å². The molecule has 0 spiro atoms. The molecule has 2 heteroatoms. The summed E-state index contributed by atoms with van der Waals surface area (Å²) in [6.45, 7) is 1.48. The van der Waals surface area contributed by atoms with Crippen LogP contribution in [0.2, 0.25) is 0 Å². The van der Waals surface area contributed by atoms with Crippen LogP contribution in [-0.4, -0.2) is 20.3 Å². The van der Waals surface area contributed by atoms with Crippen molar-refractivity contribution in [3.05, 3.63) is 35.9 Å². The van der Waals surface area contributed by atoms with Crippen LogP contribution in [0.4, 0.5) is 0 Å². The minimum Gasteiger partial charge on any atom is -0.385 e. The number of hydrogen-bond acceptors (Lipinski definition) is 2. The molecule has 0 aliphatic heterocycles. The maximum atomic E-state index is 6.84. The number of ether oxygens (including phenoxy) is 2. The SMILES string of the molecule is [2H]C([2H])([2H])OCCCCOCc1ccccc1. The number of hydrogen-bond donors (Lipinski definition) is 0. The van der Waals surface area contributed by atoms with Gasteiger partial charge in [-0.2, -0.15) is 0 Å². The summed E-state index contributed by atoms with van der Waals surface area (Å²) in [7, 11) is -2.27. The van der Waals surface area contributed by atoms with Gasteiger partial charge >= 0.3 is 0 Å². The Morgan fingerprint density at radius 1 is 1.14 bits per heavy atom. The minimum atomic E-state index is -2.27. The molecule has 0 saturated carbocycles. The molecule has 14 heavy (non-hydrogen) atoms. The second-order valence-corrected chi connectivity index (χ2v) is 3.09. The van der Waals surface area contributed by atoms with Gasteiger partial charge in [0.15, 0.2) is 0 Å². The highest BCUT2D eigenvalue weighted by molar-refractivity contribution is 5.13. The Hall–Kier alpha value is -0.860. The van der Waals surface area contributed by atoms with Gasteiger partial charge in [-0.3, -0.25) is 0 Å². The molecular formula is C12H18O2. The first-order valence-corrected chi connectivity index (χ1v) is 4.83. The molecular weight excluding hydrogens is 176 g/mol. The fourth-order valence-electron chi connectivity index (χ4n) is 1.14. The lowest BCUT2D eigenvalue weighted by molar-refractivity contribution is 0.108. The highest BCUT2D eigenvalue weighted by atomic mass is 16.5. The molecule has 0 bridgehead atoms. The lowest BCUT2D eigenvalue weighted by atomic mass is 10.2. The largest absolute Gasteiger partial charge is 0.385 e. The Morgan fingerprint density at radius 2 is 1.93 bits per heavy atom. The third-order valence-electron chi connectivity index (χ3n) is 1.90. The second kappa shape index (κ2) is 7.54. The summed E-state index contributed by atoms with van der Waals surface area (Å²) in [4.78, 5) is 0. The van der Waals surface area contributed by atoms with Gasteiger partial charge < -0.3 is 9.47 Å². The molecule has 0 saturated heterocycles. The Bertz CT molecular complexity index is 298. The van der Waals surface area contributed by atoms with Gasteiger partial charge in [-0.25, -0.2) is 0 Å². The molecule has 0 aromatic heterocycles. The van der Waals surface area contributed by atoms with Crippen molar-refractivity contribution in [2.45, 2.75) is 19.4 Å². The van der Waals surface area contributed by atoms with Gasteiger partial charge in [-0.15, -0.1) is 0 Å². The summed E-state index contributed by atoms with van der Waals surface area (Å²) in [5.74, 6) is 0. The van der Waals surface area contributed by atoms with Crippen molar-refractivity contribution in [3.63, 3.8) is 0 Å². The topological polar surface area (TPSA) is 18.5 Å². The summed E-state index contributed by atoms with van der Waals surface area (Å²) in [6.07, 6.45) is 1.51. The average molecular weight is 197 g/mol. The molecule has 0 aliphatic carbocycles. The van der Waals surface area contributed by atoms with Crippen molar-refractivity contribution in [1.29, 1.82) is 0 Å². The highest BCUT2D eigenvalue weighted by Crippen LogP contribution is 2.01. The number of rotatable bonds is 7. The van der Waals surface area contributed by atoms with Crippen LogP contribution in [0, 0.1) is 0 Å². The molecule has 0 amide bonds. The fourth-order valence-corrected chi connectivity index (χ4v) is 1.14. The van der Waals surface area contributed by atoms with E-state index in [1.54, 1.807) is 0 Å². The first-order chi connectivity index (χ1) is 8.08. The van der Waals surface area contributed by atoms with E-state index in [9.17, 15) is 0 Å². The van der Waals surface area contributed by atoms with Crippen molar-refractivity contribution >= 4 is 0 Å². The molecule has 1 rings (SSSR count). The molecule has 78 valence electrons. The van der Waals surface area contributed by atoms with Crippen molar-refractivity contribution in [2.24, 2.45) is 0 Å². The van der Waals surface area contributed by atoms with E-state index in [0.29, 0.717) is 19.6 Å². The molecule has 0 N–H and O–H groups in total. The molecule has 1 aromatic carbocycles. The lowest BCUT2D eigenvalue weighted by Gasteiger charge is -2.03. The van der Waals surface area contributed by atoms with Gasteiger partial charge in [0.1, 0.15) is 0 Å². The summed E-state index contributed by atoms with van der Waals surface area (Å²) in [5, 5.41) is 0. The van der Waals surface area contributed by atoms with Crippen LogP contribution >= 0.6 is 0 Å². The summed E-state index contributed by atoms with van der Waals surface area (Å²) >= 11 is 0. The van der Waals surface area contributed by atoms with Crippen LogP contribution < -0.4 is 0 Å². The molecule has 0 fully saturated rings. The van der Waals surface area contributed by atoms with E-state index in [2.05, 4.69) is 4.74 Å². The van der Waals surface area contributed by atoms with Crippen molar-refractivity contribution < 1.29 is 13.6 Å². The molecule has 0 radical (unpaired) electrons. The van der Waals surface area contributed by atoms with E-state index in [-0.39, 0.29) is 6.61 Å². The third-order valence-corrected chi connectivity index (χ3v) is 1.90. The summed E-state index contributed by atoms with van der Waals surface area (Å²) in [5.41, 5.74) is 1.14. The van der Waals surface area contributed by atoms with E-state index >= 15 is 0 Å². The summed E-state index contributed by atoms with van der Waals surface area (Å²) < 4.78 is 30.6. The summed E-state index contributed by atoms with van der Waals surface area (Å²) in [6, 6.07) is 9.94. The zero-order valence-electron chi connectivity index (χ0n) is 11.2. The zero-order chi connectivity index (χ0) is 12.6. The number of unbranched alkanes of at least 4 members (excludes halogenated alkanes) is 1. The normalized spacial score (nSPS) is 14.4. The van der Waals surface area contributed by atoms with Gasteiger partial charge in [0.05, 0.1) is 10.7 Å². The van der Waals surface area contributed by atoms with Gasteiger partial charge in [-0.05, 0) is 18.4 Å². The van der Waals surface area contributed by atoms with Gasteiger partial charge in [0.2, 0.25) is 0 Å². The maximum absolute atomic E-state index is 6.84. The molecule has 2 nitrogen and oxygen atoms in total.